The SMILES string of the molecule is CC(C)c1nc2c([nH]1)NCCO2. The van der Waals surface area contributed by atoms with E-state index in [1.165, 1.54) is 0 Å². The van der Waals surface area contributed by atoms with E-state index in [-0.39, 0.29) is 0 Å². The van der Waals surface area contributed by atoms with E-state index in [4.69, 9.17) is 4.74 Å². The summed E-state index contributed by atoms with van der Waals surface area (Å²) >= 11 is 0. The number of nitrogens with zero attached hydrogens (tertiary/aromatic N) is 1. The lowest BCUT2D eigenvalue weighted by Crippen LogP contribution is -2.17. The molecule has 0 atom stereocenters. The van der Waals surface area contributed by atoms with Crippen LogP contribution < -0.4 is 10.1 Å². The zero-order chi connectivity index (χ0) is 8.55. The fourth-order valence-corrected chi connectivity index (χ4v) is 1.20. The number of rotatable bonds is 1. The largest absolute Gasteiger partial charge is 0.473 e. The number of fused-ring (bicyclic) bond motifs is 1. The van der Waals surface area contributed by atoms with Gasteiger partial charge in [0.25, 0.3) is 5.88 Å². The number of imidazole rings is 1. The molecule has 66 valence electrons. The van der Waals surface area contributed by atoms with Crippen LogP contribution in [-0.2, 0) is 0 Å². The first-order chi connectivity index (χ1) is 5.77. The Kier molecular flexibility index (Phi) is 1.67. The number of nitrogens with one attached hydrogen (secondary N) is 2. The van der Waals surface area contributed by atoms with Crippen LogP contribution >= 0.6 is 0 Å². The molecule has 4 nitrogen and oxygen atoms in total. The third-order valence-electron chi connectivity index (χ3n) is 1.88. The topological polar surface area (TPSA) is 49.9 Å². The summed E-state index contributed by atoms with van der Waals surface area (Å²) in [6, 6.07) is 0. The lowest BCUT2D eigenvalue weighted by molar-refractivity contribution is 0.311. The minimum atomic E-state index is 0.418. The predicted molar refractivity (Wildman–Crippen MR) is 46.7 cm³/mol. The normalized spacial score (nSPS) is 15.2. The number of aromatic amines is 1. The molecule has 0 aliphatic carbocycles. The van der Waals surface area contributed by atoms with Gasteiger partial charge in [0.2, 0.25) is 0 Å². The third kappa shape index (κ3) is 1.13. The lowest BCUT2D eigenvalue weighted by Gasteiger charge is -2.12. The van der Waals surface area contributed by atoms with Gasteiger partial charge < -0.3 is 15.0 Å². The molecule has 1 aliphatic heterocycles. The van der Waals surface area contributed by atoms with Gasteiger partial charge in [0.15, 0.2) is 5.82 Å². The van der Waals surface area contributed by atoms with Crippen molar-refractivity contribution in [2.24, 2.45) is 0 Å². The molecule has 0 saturated carbocycles. The molecule has 4 heteroatoms. The molecule has 2 N–H and O–H groups in total. The van der Waals surface area contributed by atoms with Gasteiger partial charge in [-0.15, -0.1) is 0 Å². The maximum Gasteiger partial charge on any atom is 0.257 e. The molecule has 0 saturated heterocycles. The minimum Gasteiger partial charge on any atom is -0.473 e. The fraction of sp³-hybridized carbons (Fsp3) is 0.625. The quantitative estimate of drug-likeness (QED) is 0.663. The molecular formula is C8H13N3O. The molecule has 0 aromatic carbocycles. The van der Waals surface area contributed by atoms with Crippen LogP contribution in [0.3, 0.4) is 0 Å². The lowest BCUT2D eigenvalue weighted by atomic mass is 10.2. The number of hydrogen-bond donors (Lipinski definition) is 2. The van der Waals surface area contributed by atoms with Crippen molar-refractivity contribution in [2.75, 3.05) is 18.5 Å². The van der Waals surface area contributed by atoms with Crippen LogP contribution in [0.5, 0.6) is 5.88 Å². The van der Waals surface area contributed by atoms with E-state index in [2.05, 4.69) is 29.1 Å². The highest BCUT2D eigenvalue weighted by atomic mass is 16.5. The average molecular weight is 167 g/mol. The Balaban J connectivity index is 2.32. The number of ether oxygens (including phenoxy) is 1. The molecule has 0 spiro atoms. The fourth-order valence-electron chi connectivity index (χ4n) is 1.20. The predicted octanol–water partition coefficient (Wildman–Crippen LogP) is 1.34. The second-order valence-corrected chi connectivity index (χ2v) is 3.23. The van der Waals surface area contributed by atoms with Crippen LogP contribution in [0.25, 0.3) is 0 Å². The van der Waals surface area contributed by atoms with Crippen LogP contribution in [0, 0.1) is 0 Å². The van der Waals surface area contributed by atoms with Crippen LogP contribution in [0.1, 0.15) is 25.6 Å². The zero-order valence-corrected chi connectivity index (χ0v) is 7.35. The van der Waals surface area contributed by atoms with E-state index in [1.54, 1.807) is 0 Å². The van der Waals surface area contributed by atoms with Gasteiger partial charge >= 0.3 is 0 Å². The van der Waals surface area contributed by atoms with Crippen molar-refractivity contribution in [1.29, 1.82) is 0 Å². The molecule has 0 radical (unpaired) electrons. The van der Waals surface area contributed by atoms with Gasteiger partial charge in [0.1, 0.15) is 12.4 Å². The zero-order valence-electron chi connectivity index (χ0n) is 7.35. The molecule has 1 aliphatic rings. The molecule has 0 amide bonds. The first kappa shape index (κ1) is 7.46. The summed E-state index contributed by atoms with van der Waals surface area (Å²) in [6.45, 7) is 5.76. The van der Waals surface area contributed by atoms with Crippen molar-refractivity contribution in [3.8, 4) is 5.88 Å². The maximum atomic E-state index is 5.35. The summed E-state index contributed by atoms with van der Waals surface area (Å²) < 4.78 is 5.35. The van der Waals surface area contributed by atoms with Crippen molar-refractivity contribution in [2.45, 2.75) is 19.8 Å². The van der Waals surface area contributed by atoms with Crippen molar-refractivity contribution in [3.05, 3.63) is 5.82 Å². The molecule has 12 heavy (non-hydrogen) atoms. The number of aromatic nitrogens is 2. The third-order valence-corrected chi connectivity index (χ3v) is 1.88. The van der Waals surface area contributed by atoms with Gasteiger partial charge in [-0.25, -0.2) is 0 Å². The average Bonchev–Trinajstić information content (AvgIpc) is 2.46. The number of hydrogen-bond acceptors (Lipinski definition) is 3. The summed E-state index contributed by atoms with van der Waals surface area (Å²) in [7, 11) is 0. The molecule has 2 rings (SSSR count). The smallest absolute Gasteiger partial charge is 0.257 e. The Morgan fingerprint density at radius 1 is 1.50 bits per heavy atom. The Hall–Kier alpha value is -1.19. The molecular weight excluding hydrogens is 154 g/mol. The van der Waals surface area contributed by atoms with Gasteiger partial charge in [-0.1, -0.05) is 13.8 Å². The number of anilines is 1. The Morgan fingerprint density at radius 2 is 2.33 bits per heavy atom. The molecule has 1 aromatic heterocycles. The van der Waals surface area contributed by atoms with Crippen LogP contribution in [-0.4, -0.2) is 23.1 Å². The summed E-state index contributed by atoms with van der Waals surface area (Å²) in [5.74, 6) is 3.03. The highest BCUT2D eigenvalue weighted by Gasteiger charge is 2.16. The number of H-pyrrole nitrogens is 1. The summed E-state index contributed by atoms with van der Waals surface area (Å²) in [4.78, 5) is 7.50. The van der Waals surface area contributed by atoms with Crippen LogP contribution in [0.15, 0.2) is 0 Å². The Bertz CT molecular complexity index is 256. The monoisotopic (exact) mass is 167 g/mol. The molecule has 0 unspecified atom stereocenters. The Labute approximate surface area is 71.3 Å². The van der Waals surface area contributed by atoms with E-state index < -0.39 is 0 Å². The summed E-state index contributed by atoms with van der Waals surface area (Å²) in [5, 5.41) is 3.19. The van der Waals surface area contributed by atoms with Gasteiger partial charge in [-0.3, -0.25) is 0 Å². The molecule has 0 fully saturated rings. The second-order valence-electron chi connectivity index (χ2n) is 3.23. The highest BCUT2D eigenvalue weighted by Crippen LogP contribution is 2.26. The van der Waals surface area contributed by atoms with Gasteiger partial charge in [-0.2, -0.15) is 4.98 Å². The molecule has 2 heterocycles. The van der Waals surface area contributed by atoms with Crippen molar-refractivity contribution >= 4 is 5.82 Å². The van der Waals surface area contributed by atoms with E-state index in [0.717, 1.165) is 18.2 Å². The van der Waals surface area contributed by atoms with Crippen molar-refractivity contribution < 1.29 is 4.74 Å². The van der Waals surface area contributed by atoms with Crippen LogP contribution in [0.2, 0.25) is 0 Å². The van der Waals surface area contributed by atoms with Gasteiger partial charge in [0, 0.05) is 5.92 Å². The summed E-state index contributed by atoms with van der Waals surface area (Å²) in [6.07, 6.45) is 0. The Morgan fingerprint density at radius 3 is 3.00 bits per heavy atom. The van der Waals surface area contributed by atoms with Crippen molar-refractivity contribution in [1.82, 2.24) is 9.97 Å². The van der Waals surface area contributed by atoms with Crippen molar-refractivity contribution in [3.63, 3.8) is 0 Å². The van der Waals surface area contributed by atoms with E-state index >= 15 is 0 Å². The van der Waals surface area contributed by atoms with Crippen LogP contribution in [0.4, 0.5) is 5.82 Å². The second kappa shape index (κ2) is 2.69. The summed E-state index contributed by atoms with van der Waals surface area (Å²) in [5.41, 5.74) is 0. The standard InChI is InChI=1S/C8H13N3O/c1-5(2)6-10-7-8(11-6)12-4-3-9-7/h5,9H,3-4H2,1-2H3,(H,10,11). The van der Waals surface area contributed by atoms with E-state index in [0.29, 0.717) is 18.4 Å². The van der Waals surface area contributed by atoms with Gasteiger partial charge in [-0.05, 0) is 0 Å². The first-order valence-electron chi connectivity index (χ1n) is 4.24. The van der Waals surface area contributed by atoms with E-state index in [1.807, 2.05) is 0 Å². The van der Waals surface area contributed by atoms with Gasteiger partial charge in [0.05, 0.1) is 6.54 Å². The molecule has 0 bridgehead atoms. The van der Waals surface area contributed by atoms with E-state index in [9.17, 15) is 0 Å². The minimum absolute atomic E-state index is 0.418. The highest BCUT2D eigenvalue weighted by molar-refractivity contribution is 5.48. The molecule has 1 aromatic rings. The maximum absolute atomic E-state index is 5.35. The first-order valence-corrected chi connectivity index (χ1v) is 4.24.